The van der Waals surface area contributed by atoms with Crippen molar-refractivity contribution >= 4 is 5.91 Å². The van der Waals surface area contributed by atoms with E-state index in [-0.39, 0.29) is 30.6 Å². The molecular weight excluding hydrogens is 606 g/mol. The number of piperidine rings is 1. The van der Waals surface area contributed by atoms with Crippen LogP contribution in [-0.2, 0) is 32.1 Å². The smallest absolute Gasteiger partial charge is 0.253 e. The summed E-state index contributed by atoms with van der Waals surface area (Å²) in [5.74, 6) is -0.477. The van der Waals surface area contributed by atoms with Gasteiger partial charge in [-0.15, -0.1) is 0 Å². The lowest BCUT2D eigenvalue weighted by Gasteiger charge is -2.44. The Morgan fingerprint density at radius 3 is 2.38 bits per heavy atom. The van der Waals surface area contributed by atoms with Crippen molar-refractivity contribution in [2.75, 3.05) is 32.8 Å². The van der Waals surface area contributed by atoms with Crippen molar-refractivity contribution in [3.05, 3.63) is 125 Å². The number of aromatic nitrogens is 1. The maximum atomic E-state index is 12.6. The highest BCUT2D eigenvalue weighted by atomic mass is 16.7. The number of hydrogen-bond donors (Lipinski definition) is 2. The number of aliphatic hydroxyl groups is 1. The number of carbonyl (C=O) groups is 1. The van der Waals surface area contributed by atoms with Crippen LogP contribution < -0.4 is 5.32 Å². The first-order chi connectivity index (χ1) is 23.5. The van der Waals surface area contributed by atoms with E-state index in [2.05, 4.69) is 64.6 Å². The van der Waals surface area contributed by atoms with Crippen LogP contribution in [0.25, 0.3) is 11.1 Å². The molecule has 0 bridgehead atoms. The predicted molar refractivity (Wildman–Crippen MR) is 181 cm³/mol. The second-order valence-electron chi connectivity index (χ2n) is 13.0. The topological polar surface area (TPSA) is 102 Å². The lowest BCUT2D eigenvalue weighted by molar-refractivity contribution is -0.278. The van der Waals surface area contributed by atoms with Crippen molar-refractivity contribution in [2.24, 2.45) is 5.92 Å². The fraction of sp³-hybridized carbons (Fsp3) is 0.385. The molecule has 7 rings (SSSR count). The van der Waals surface area contributed by atoms with Gasteiger partial charge in [-0.25, -0.2) is 0 Å². The third-order valence-electron chi connectivity index (χ3n) is 9.79. The van der Waals surface area contributed by atoms with Crippen LogP contribution >= 0.6 is 0 Å². The number of pyridine rings is 1. The summed E-state index contributed by atoms with van der Waals surface area (Å²) >= 11 is 0. The largest absolute Gasteiger partial charge is 0.392 e. The molecule has 1 amide bonds. The van der Waals surface area contributed by atoms with E-state index >= 15 is 0 Å². The molecule has 4 aromatic rings. The Labute approximate surface area is 281 Å². The Bertz CT molecular complexity index is 1670. The molecule has 3 aromatic carbocycles. The lowest BCUT2D eigenvalue weighted by atomic mass is 9.89. The van der Waals surface area contributed by atoms with E-state index in [0.29, 0.717) is 25.3 Å². The summed E-state index contributed by atoms with van der Waals surface area (Å²) < 4.78 is 25.5. The van der Waals surface area contributed by atoms with Crippen LogP contribution in [0.4, 0.5) is 0 Å². The van der Waals surface area contributed by atoms with Gasteiger partial charge < -0.3 is 34.3 Å². The molecule has 0 saturated carbocycles. The van der Waals surface area contributed by atoms with Gasteiger partial charge in [0.2, 0.25) is 0 Å². The molecule has 4 heterocycles. The average molecular weight is 650 g/mol. The van der Waals surface area contributed by atoms with Gasteiger partial charge in [-0.1, -0.05) is 67.6 Å². The molecule has 48 heavy (non-hydrogen) atoms. The first-order valence-electron chi connectivity index (χ1n) is 16.9. The van der Waals surface area contributed by atoms with Gasteiger partial charge in [-0.05, 0) is 52.1 Å². The van der Waals surface area contributed by atoms with Crippen molar-refractivity contribution in [1.82, 2.24) is 15.2 Å². The van der Waals surface area contributed by atoms with Gasteiger partial charge in [-0.2, -0.15) is 0 Å². The number of rotatable bonds is 9. The number of likely N-dealkylation sites (tertiary alicyclic amines) is 1. The summed E-state index contributed by atoms with van der Waals surface area (Å²) in [5.41, 5.74) is 6.50. The number of nitrogens with zero attached hydrogens (tertiary/aromatic N) is 2. The first kappa shape index (κ1) is 32.6. The Morgan fingerprint density at radius 1 is 0.896 bits per heavy atom. The van der Waals surface area contributed by atoms with Gasteiger partial charge in [0.05, 0.1) is 37.6 Å². The molecule has 2 N–H and O–H groups in total. The van der Waals surface area contributed by atoms with Gasteiger partial charge in [-0.3, -0.25) is 9.78 Å². The molecule has 3 aliphatic heterocycles. The first-order valence-corrected chi connectivity index (χ1v) is 16.9. The highest BCUT2D eigenvalue weighted by molar-refractivity contribution is 5.93. The summed E-state index contributed by atoms with van der Waals surface area (Å²) in [6.45, 7) is 6.52. The monoisotopic (exact) mass is 649 g/mol. The molecule has 9 nitrogen and oxygen atoms in total. The second kappa shape index (κ2) is 14.7. The molecule has 3 aliphatic rings. The number of nitrogens with one attached hydrogen (secondary N) is 1. The fourth-order valence-corrected chi connectivity index (χ4v) is 6.95. The summed E-state index contributed by atoms with van der Waals surface area (Å²) in [5, 5.41) is 12.6. The van der Waals surface area contributed by atoms with Crippen LogP contribution in [0.15, 0.2) is 97.3 Å². The van der Waals surface area contributed by atoms with Gasteiger partial charge in [0.25, 0.3) is 5.91 Å². The number of benzene rings is 3. The minimum atomic E-state index is -0.562. The van der Waals surface area contributed by atoms with Crippen molar-refractivity contribution < 1.29 is 28.8 Å². The Kier molecular flexibility index (Phi) is 9.95. The second-order valence-corrected chi connectivity index (χ2v) is 13.0. The van der Waals surface area contributed by atoms with E-state index < -0.39 is 12.1 Å². The van der Waals surface area contributed by atoms with Crippen molar-refractivity contribution in [3.8, 4) is 11.1 Å². The summed E-state index contributed by atoms with van der Waals surface area (Å²) in [7, 11) is 0. The zero-order chi connectivity index (χ0) is 32.9. The highest BCUT2D eigenvalue weighted by Gasteiger charge is 2.43. The van der Waals surface area contributed by atoms with Gasteiger partial charge in [0, 0.05) is 62.9 Å². The fourth-order valence-electron chi connectivity index (χ4n) is 6.95. The van der Waals surface area contributed by atoms with E-state index in [9.17, 15) is 9.90 Å². The third kappa shape index (κ3) is 7.37. The lowest BCUT2D eigenvalue weighted by Crippen LogP contribution is -2.50. The van der Waals surface area contributed by atoms with E-state index in [4.69, 9.17) is 18.9 Å². The molecule has 0 radical (unpaired) electrons. The summed E-state index contributed by atoms with van der Waals surface area (Å²) in [4.78, 5) is 19.1. The van der Waals surface area contributed by atoms with E-state index in [1.54, 1.807) is 24.5 Å². The maximum Gasteiger partial charge on any atom is 0.253 e. The minimum Gasteiger partial charge on any atom is -0.392 e. The van der Waals surface area contributed by atoms with Crippen molar-refractivity contribution in [3.63, 3.8) is 0 Å². The quantitative estimate of drug-likeness (QED) is 0.235. The van der Waals surface area contributed by atoms with Crippen LogP contribution in [0.1, 0.15) is 64.8 Å². The third-order valence-corrected chi connectivity index (χ3v) is 9.79. The Balaban J connectivity index is 1.09. The molecule has 0 aliphatic carbocycles. The SMILES string of the molecule is CC1C(CN2CCC3(CC2)OCCO3)OC(c2cccc(-c3cccc(CNC(=O)c4cccnc4)c3)c2)OC1c1ccc(CO)cc1. The molecule has 4 unspecified atom stereocenters. The van der Waals surface area contributed by atoms with Gasteiger partial charge in [0.15, 0.2) is 12.1 Å². The van der Waals surface area contributed by atoms with Crippen LogP contribution in [0.2, 0.25) is 0 Å². The molecule has 9 heteroatoms. The van der Waals surface area contributed by atoms with Crippen molar-refractivity contribution in [2.45, 2.75) is 57.2 Å². The van der Waals surface area contributed by atoms with Crippen LogP contribution in [-0.4, -0.2) is 65.6 Å². The number of aliphatic hydroxyl groups excluding tert-OH is 1. The summed E-state index contributed by atoms with van der Waals surface area (Å²) in [6.07, 6.45) is 4.11. The standard InChI is InChI=1S/C39H43N3O6/c1-27-35(25-42-17-14-39(15-18-42)45-19-20-46-39)47-38(48-36(27)30-12-10-28(26-43)11-13-30)33-8-3-7-32(22-33)31-6-2-5-29(21-31)23-41-37(44)34-9-4-16-40-24-34/h2-13,16,21-22,24,27,35-36,38,43H,14-15,17-20,23,25-26H2,1H3,(H,41,44). The van der Waals surface area contributed by atoms with Crippen LogP contribution in [0.5, 0.6) is 0 Å². The molecule has 250 valence electrons. The minimum absolute atomic E-state index is 0.00443. The molecule has 4 atom stereocenters. The zero-order valence-electron chi connectivity index (χ0n) is 27.3. The maximum absolute atomic E-state index is 12.6. The highest BCUT2D eigenvalue weighted by Crippen LogP contribution is 2.43. The van der Waals surface area contributed by atoms with Crippen LogP contribution in [0, 0.1) is 5.92 Å². The van der Waals surface area contributed by atoms with Gasteiger partial charge >= 0.3 is 0 Å². The number of amides is 1. The number of carbonyl (C=O) groups excluding carboxylic acids is 1. The van der Waals surface area contributed by atoms with Gasteiger partial charge in [0.1, 0.15) is 0 Å². The normalized spacial score (nSPS) is 24.0. The van der Waals surface area contributed by atoms with Crippen molar-refractivity contribution in [1.29, 1.82) is 0 Å². The van der Waals surface area contributed by atoms with E-state index in [1.807, 2.05) is 30.3 Å². The summed E-state index contributed by atoms with van der Waals surface area (Å²) in [6, 6.07) is 28.1. The number of hydrogen-bond acceptors (Lipinski definition) is 8. The zero-order valence-corrected chi connectivity index (χ0v) is 27.3. The Morgan fingerprint density at radius 2 is 1.65 bits per heavy atom. The molecule has 1 spiro atoms. The Hall–Kier alpha value is -3.96. The van der Waals surface area contributed by atoms with Crippen LogP contribution in [0.3, 0.4) is 0 Å². The van der Waals surface area contributed by atoms with E-state index in [1.165, 1.54) is 0 Å². The average Bonchev–Trinajstić information content (AvgIpc) is 3.61. The predicted octanol–water partition coefficient (Wildman–Crippen LogP) is 5.80. The number of ether oxygens (including phenoxy) is 4. The molecular formula is C39H43N3O6. The molecule has 1 aromatic heterocycles. The van der Waals surface area contributed by atoms with E-state index in [0.717, 1.165) is 65.9 Å². The molecule has 3 saturated heterocycles. The molecule has 3 fully saturated rings.